The van der Waals surface area contributed by atoms with Crippen LogP contribution in [0, 0.1) is 0 Å². The van der Waals surface area contributed by atoms with E-state index in [2.05, 4.69) is 71.7 Å². The van der Waals surface area contributed by atoms with Gasteiger partial charge in [0, 0.05) is 0 Å². The molecule has 2 aliphatic carbocycles. The van der Waals surface area contributed by atoms with Crippen molar-refractivity contribution in [3.05, 3.63) is 44.5 Å². The molecule has 0 radical (unpaired) electrons. The van der Waals surface area contributed by atoms with Gasteiger partial charge in [-0.1, -0.05) is 0 Å². The number of allylic oxidation sites excluding steroid dienone is 6. The number of hydrogen-bond acceptors (Lipinski definition) is 1. The molecule has 2 rings (SSSR count). The molecule has 21 heavy (non-hydrogen) atoms. The zero-order valence-corrected chi connectivity index (χ0v) is 17.5. The summed E-state index contributed by atoms with van der Waals surface area (Å²) in [7, 11) is 0.166. The van der Waals surface area contributed by atoms with E-state index in [1.54, 1.807) is 5.20 Å². The van der Waals surface area contributed by atoms with E-state index in [9.17, 15) is 0 Å². The summed E-state index contributed by atoms with van der Waals surface area (Å²) in [5, 5.41) is 1.49. The van der Waals surface area contributed by atoms with Crippen LogP contribution in [0.4, 0.5) is 0 Å². The third-order valence-corrected chi connectivity index (χ3v) is 10.5. The second-order valence-corrected chi connectivity index (χ2v) is 11.7. The SMILES string of the molecule is COC1([Si](C)(C)C2=[C]([Ti+2])CC=C2)CC=C(C)C=C1C.[Cl-].[Cl-]. The molecule has 0 amide bonds. The molecule has 0 heterocycles. The van der Waals surface area contributed by atoms with Gasteiger partial charge in [-0.15, -0.1) is 0 Å². The number of halogens is 2. The van der Waals surface area contributed by atoms with Gasteiger partial charge in [-0.2, -0.15) is 0 Å². The molecule has 0 aromatic heterocycles. The Morgan fingerprint density at radius 3 is 2.29 bits per heavy atom. The van der Waals surface area contributed by atoms with E-state index in [0.717, 1.165) is 12.8 Å². The molecule has 0 N–H and O–H groups in total. The summed E-state index contributed by atoms with van der Waals surface area (Å²) in [4.78, 5) is 0. The number of ether oxygens (including phenoxy) is 1. The van der Waals surface area contributed by atoms with Gasteiger partial charge in [0.25, 0.3) is 0 Å². The van der Waals surface area contributed by atoms with Crippen molar-refractivity contribution in [3.63, 3.8) is 0 Å². The summed E-state index contributed by atoms with van der Waals surface area (Å²) in [5.74, 6) is 0. The number of rotatable bonds is 3. The molecule has 0 saturated carbocycles. The van der Waals surface area contributed by atoms with Gasteiger partial charge in [0.05, 0.1) is 0 Å². The Hall–Kier alpha value is 0.431. The first kappa shape index (κ1) is 21.4. The van der Waals surface area contributed by atoms with Crippen LogP contribution in [-0.4, -0.2) is 20.4 Å². The second-order valence-electron chi connectivity index (χ2n) is 6.13. The smallest absolute Gasteiger partial charge is 1.00 e. The first-order valence-corrected chi connectivity index (χ1v) is 10.7. The molecular formula is C16H23Cl2OSiTi. The van der Waals surface area contributed by atoms with Gasteiger partial charge in [0.2, 0.25) is 0 Å². The second kappa shape index (κ2) is 7.81. The van der Waals surface area contributed by atoms with Gasteiger partial charge in [-0.3, -0.25) is 0 Å². The van der Waals surface area contributed by atoms with E-state index < -0.39 is 8.07 Å². The zero-order chi connectivity index (χ0) is 14.3. The largest absolute Gasteiger partial charge is 1.00 e. The maximum absolute atomic E-state index is 6.15. The maximum Gasteiger partial charge on any atom is -1.00 e. The topological polar surface area (TPSA) is 9.23 Å². The van der Waals surface area contributed by atoms with Crippen molar-refractivity contribution in [1.29, 1.82) is 0 Å². The molecule has 0 fully saturated rings. The van der Waals surface area contributed by atoms with E-state index >= 15 is 0 Å². The quantitative estimate of drug-likeness (QED) is 0.528. The maximum atomic E-state index is 6.15. The molecule has 1 atom stereocenters. The van der Waals surface area contributed by atoms with Crippen molar-refractivity contribution < 1.29 is 50.0 Å². The first-order valence-electron chi connectivity index (χ1n) is 6.87. The predicted octanol–water partition coefficient (Wildman–Crippen LogP) is -1.78. The monoisotopic (exact) mass is 377 g/mol. The minimum atomic E-state index is -1.72. The fourth-order valence-corrected chi connectivity index (χ4v) is 9.32. The fraction of sp³-hybridized carbons (Fsp3) is 0.500. The van der Waals surface area contributed by atoms with Crippen molar-refractivity contribution in [3.8, 4) is 0 Å². The van der Waals surface area contributed by atoms with Crippen molar-refractivity contribution in [2.45, 2.75) is 45.0 Å². The molecule has 115 valence electrons. The molecule has 0 saturated heterocycles. The third-order valence-electron chi connectivity index (χ3n) is 4.76. The molecule has 0 aromatic carbocycles. The van der Waals surface area contributed by atoms with Crippen molar-refractivity contribution in [2.24, 2.45) is 0 Å². The van der Waals surface area contributed by atoms with E-state index in [0.29, 0.717) is 0 Å². The van der Waals surface area contributed by atoms with Crippen LogP contribution in [0.3, 0.4) is 0 Å². The van der Waals surface area contributed by atoms with E-state index in [1.165, 1.54) is 15.0 Å². The molecule has 1 nitrogen and oxygen atoms in total. The normalized spacial score (nSPS) is 25.1. The fourth-order valence-electron chi connectivity index (χ4n) is 3.54. The van der Waals surface area contributed by atoms with Gasteiger partial charge in [-0.05, 0) is 0 Å². The summed E-state index contributed by atoms with van der Waals surface area (Å²) < 4.78 is 7.68. The van der Waals surface area contributed by atoms with Crippen LogP contribution in [0.2, 0.25) is 13.1 Å². The Labute approximate surface area is 154 Å². The minimum absolute atomic E-state index is 0. The standard InChI is InChI=1S/C16H23OSi.2ClH.Ti/c1-13-10-11-16(17-3,14(2)12-13)18(4,5)15-8-6-7-9-15;;;/h6,8,10,12H,7,11H2,1-5H3;2*1H;/q;;;+2/p-2. The van der Waals surface area contributed by atoms with Gasteiger partial charge in [0.1, 0.15) is 0 Å². The molecule has 0 aromatic rings. The Balaban J connectivity index is 0.00000200. The molecule has 0 aliphatic heterocycles. The molecule has 0 bridgehead atoms. The third kappa shape index (κ3) is 3.52. The van der Waals surface area contributed by atoms with Crippen LogP contribution >= 0.6 is 0 Å². The minimum Gasteiger partial charge on any atom is -1.00 e. The summed E-state index contributed by atoms with van der Waals surface area (Å²) >= 11 is 2.27. The van der Waals surface area contributed by atoms with Gasteiger partial charge in [-0.25, -0.2) is 0 Å². The van der Waals surface area contributed by atoms with Crippen LogP contribution in [0.25, 0.3) is 0 Å². The summed E-state index contributed by atoms with van der Waals surface area (Å²) in [6.07, 6.45) is 11.4. The Kier molecular flexibility index (Phi) is 7.97. The van der Waals surface area contributed by atoms with Crippen LogP contribution in [-0.2, 0) is 25.2 Å². The zero-order valence-electron chi connectivity index (χ0n) is 13.4. The summed E-state index contributed by atoms with van der Waals surface area (Å²) in [5.41, 5.74) is 2.76. The summed E-state index contributed by atoms with van der Waals surface area (Å²) in [6, 6.07) is 0. The van der Waals surface area contributed by atoms with Crippen molar-refractivity contribution >= 4 is 8.07 Å². The van der Waals surface area contributed by atoms with E-state index in [-0.39, 0.29) is 30.0 Å². The van der Waals surface area contributed by atoms with Crippen molar-refractivity contribution in [2.75, 3.05) is 7.11 Å². The molecule has 1 unspecified atom stereocenters. The van der Waals surface area contributed by atoms with Crippen molar-refractivity contribution in [1.82, 2.24) is 0 Å². The van der Waals surface area contributed by atoms with Crippen LogP contribution in [0.5, 0.6) is 0 Å². The molecular weight excluding hydrogens is 355 g/mol. The Morgan fingerprint density at radius 1 is 1.24 bits per heavy atom. The predicted molar refractivity (Wildman–Crippen MR) is 80.1 cm³/mol. The first-order chi connectivity index (χ1) is 8.85. The van der Waals surface area contributed by atoms with Crippen LogP contribution < -0.4 is 24.8 Å². The van der Waals surface area contributed by atoms with Crippen LogP contribution in [0.15, 0.2) is 44.5 Å². The van der Waals surface area contributed by atoms with Crippen LogP contribution in [0.1, 0.15) is 26.7 Å². The summed E-state index contributed by atoms with van der Waals surface area (Å²) in [6.45, 7) is 9.33. The van der Waals surface area contributed by atoms with Gasteiger partial charge >= 0.3 is 130 Å². The molecule has 5 heteroatoms. The Bertz CT molecular complexity index is 520. The van der Waals surface area contributed by atoms with E-state index in [1.807, 2.05) is 7.11 Å². The van der Waals surface area contributed by atoms with E-state index in [4.69, 9.17) is 4.74 Å². The Morgan fingerprint density at radius 2 is 1.86 bits per heavy atom. The molecule has 2 aliphatic rings. The number of methoxy groups -OCH3 is 1. The average Bonchev–Trinajstić information content (AvgIpc) is 2.76. The van der Waals surface area contributed by atoms with Gasteiger partial charge < -0.3 is 24.8 Å². The number of hydrogen-bond donors (Lipinski definition) is 0. The van der Waals surface area contributed by atoms with Gasteiger partial charge in [0.15, 0.2) is 0 Å². The average molecular weight is 378 g/mol. The molecule has 0 spiro atoms.